The topological polar surface area (TPSA) is 38.9 Å². The standard InChI is InChI=1S/C6H10BN2S/c1-4(2)5-6(7-8)9-3-10-5/h3-4H,8H2,1-2H3. The van der Waals surface area contributed by atoms with Gasteiger partial charge in [0.05, 0.1) is 5.51 Å². The Balaban J connectivity index is 2.90. The molecule has 2 N–H and O–H groups in total. The lowest BCUT2D eigenvalue weighted by Gasteiger charge is -2.00. The van der Waals surface area contributed by atoms with Crippen LogP contribution in [0.3, 0.4) is 0 Å². The lowest BCUT2D eigenvalue weighted by Crippen LogP contribution is -2.27. The van der Waals surface area contributed by atoms with Crippen molar-refractivity contribution in [3.8, 4) is 0 Å². The molecule has 0 amide bonds. The second kappa shape index (κ2) is 3.17. The Morgan fingerprint density at radius 1 is 1.70 bits per heavy atom. The molecule has 0 saturated heterocycles. The van der Waals surface area contributed by atoms with Crippen LogP contribution in [0.2, 0.25) is 0 Å². The Bertz CT molecular complexity index is 209. The number of hydrogen-bond acceptors (Lipinski definition) is 3. The molecule has 53 valence electrons. The minimum Gasteiger partial charge on any atom is -0.369 e. The van der Waals surface area contributed by atoms with Crippen molar-refractivity contribution in [2.45, 2.75) is 19.8 Å². The van der Waals surface area contributed by atoms with Gasteiger partial charge >= 0.3 is 0 Å². The first-order valence-corrected chi connectivity index (χ1v) is 4.12. The summed E-state index contributed by atoms with van der Waals surface area (Å²) in [6.07, 6.45) is 0. The van der Waals surface area contributed by atoms with Crippen LogP contribution >= 0.6 is 11.3 Å². The van der Waals surface area contributed by atoms with Crippen LogP contribution < -0.4 is 11.2 Å². The van der Waals surface area contributed by atoms with Gasteiger partial charge in [0, 0.05) is 10.5 Å². The van der Waals surface area contributed by atoms with Crippen LogP contribution in [0.4, 0.5) is 0 Å². The van der Waals surface area contributed by atoms with Gasteiger partial charge in [-0.15, -0.1) is 11.3 Å². The summed E-state index contributed by atoms with van der Waals surface area (Å²) in [5, 5.41) is 0. The molecule has 0 aromatic carbocycles. The van der Waals surface area contributed by atoms with Crippen molar-refractivity contribution in [1.82, 2.24) is 4.98 Å². The fourth-order valence-electron chi connectivity index (χ4n) is 0.821. The Morgan fingerprint density at radius 2 is 2.40 bits per heavy atom. The van der Waals surface area contributed by atoms with Crippen molar-refractivity contribution < 1.29 is 0 Å². The normalized spacial score (nSPS) is 10.4. The summed E-state index contributed by atoms with van der Waals surface area (Å²) in [4.78, 5) is 5.36. The molecule has 0 aliphatic heterocycles. The summed E-state index contributed by atoms with van der Waals surface area (Å²) in [5.74, 6) is 0.530. The third kappa shape index (κ3) is 1.38. The van der Waals surface area contributed by atoms with E-state index in [1.165, 1.54) is 4.88 Å². The zero-order valence-electron chi connectivity index (χ0n) is 6.16. The van der Waals surface area contributed by atoms with E-state index in [-0.39, 0.29) is 0 Å². The summed E-state index contributed by atoms with van der Waals surface area (Å²) >= 11 is 1.66. The largest absolute Gasteiger partial charge is 0.369 e. The van der Waals surface area contributed by atoms with E-state index < -0.39 is 0 Å². The van der Waals surface area contributed by atoms with Crippen molar-refractivity contribution in [2.75, 3.05) is 0 Å². The lowest BCUT2D eigenvalue weighted by molar-refractivity contribution is 0.892. The third-order valence-corrected chi connectivity index (χ3v) is 2.45. The van der Waals surface area contributed by atoms with Gasteiger partial charge in [-0.25, -0.2) is 0 Å². The summed E-state index contributed by atoms with van der Waals surface area (Å²) in [5.41, 5.74) is 8.11. The highest BCUT2D eigenvalue weighted by atomic mass is 32.1. The second-order valence-electron chi connectivity index (χ2n) is 2.42. The van der Waals surface area contributed by atoms with Crippen molar-refractivity contribution in [2.24, 2.45) is 5.64 Å². The van der Waals surface area contributed by atoms with E-state index in [0.717, 1.165) is 5.59 Å². The first-order valence-electron chi connectivity index (χ1n) is 3.24. The Labute approximate surface area is 65.7 Å². The maximum Gasteiger partial charge on any atom is 0.269 e. The van der Waals surface area contributed by atoms with E-state index >= 15 is 0 Å². The van der Waals surface area contributed by atoms with E-state index in [2.05, 4.69) is 18.8 Å². The first kappa shape index (κ1) is 7.76. The molecule has 1 aromatic heterocycles. The average Bonchev–Trinajstić information content (AvgIpc) is 2.33. The zero-order valence-corrected chi connectivity index (χ0v) is 6.98. The first-order chi connectivity index (χ1) is 4.75. The fourth-order valence-corrected chi connectivity index (χ4v) is 1.61. The summed E-state index contributed by atoms with van der Waals surface area (Å²) < 4.78 is 0. The van der Waals surface area contributed by atoms with Crippen LogP contribution in [0.5, 0.6) is 0 Å². The van der Waals surface area contributed by atoms with Crippen LogP contribution in [0, 0.1) is 0 Å². The molecular formula is C6H10BN2S. The molecule has 0 aliphatic carbocycles. The van der Waals surface area contributed by atoms with Crippen molar-refractivity contribution in [3.63, 3.8) is 0 Å². The van der Waals surface area contributed by atoms with E-state index in [4.69, 9.17) is 5.64 Å². The molecule has 0 fully saturated rings. The summed E-state index contributed by atoms with van der Waals surface area (Å²) in [7, 11) is 1.56. The molecule has 10 heavy (non-hydrogen) atoms. The number of rotatable bonds is 2. The molecule has 0 unspecified atom stereocenters. The van der Waals surface area contributed by atoms with Crippen LogP contribution in [-0.2, 0) is 0 Å². The highest BCUT2D eigenvalue weighted by Crippen LogP contribution is 2.15. The molecule has 1 heterocycles. The lowest BCUT2D eigenvalue weighted by atomic mass is 9.88. The Hall–Kier alpha value is -0.345. The Morgan fingerprint density at radius 3 is 2.80 bits per heavy atom. The van der Waals surface area contributed by atoms with Crippen LogP contribution in [0.25, 0.3) is 0 Å². The smallest absolute Gasteiger partial charge is 0.269 e. The monoisotopic (exact) mass is 153 g/mol. The van der Waals surface area contributed by atoms with Gasteiger partial charge in [0.2, 0.25) is 0 Å². The molecule has 4 heteroatoms. The van der Waals surface area contributed by atoms with E-state index in [1.54, 1.807) is 18.8 Å². The molecule has 1 radical (unpaired) electrons. The molecule has 0 atom stereocenters. The predicted molar refractivity (Wildman–Crippen MR) is 45.8 cm³/mol. The SMILES string of the molecule is CC(C)c1scnc1[B]N. The molecule has 0 saturated carbocycles. The van der Waals surface area contributed by atoms with Gasteiger partial charge in [-0.3, -0.25) is 4.98 Å². The van der Waals surface area contributed by atoms with Gasteiger partial charge in [-0.2, -0.15) is 0 Å². The molecular weight excluding hydrogens is 143 g/mol. The third-order valence-electron chi connectivity index (χ3n) is 1.31. The van der Waals surface area contributed by atoms with Crippen LogP contribution in [-0.4, -0.2) is 12.4 Å². The van der Waals surface area contributed by atoms with Crippen molar-refractivity contribution >= 4 is 24.3 Å². The van der Waals surface area contributed by atoms with Gasteiger partial charge in [-0.05, 0) is 5.92 Å². The van der Waals surface area contributed by atoms with Crippen molar-refractivity contribution in [1.29, 1.82) is 0 Å². The molecule has 1 rings (SSSR count). The quantitative estimate of drug-likeness (QED) is 0.627. The van der Waals surface area contributed by atoms with Gasteiger partial charge in [0.1, 0.15) is 0 Å². The maximum atomic E-state index is 5.35. The Kier molecular flexibility index (Phi) is 2.46. The fraction of sp³-hybridized carbons (Fsp3) is 0.500. The minimum atomic E-state index is 0.530. The molecule has 0 bridgehead atoms. The van der Waals surface area contributed by atoms with Crippen molar-refractivity contribution in [3.05, 3.63) is 10.4 Å². The predicted octanol–water partition coefficient (Wildman–Crippen LogP) is 0.470. The highest BCUT2D eigenvalue weighted by Gasteiger charge is 2.07. The molecule has 1 aromatic rings. The summed E-state index contributed by atoms with van der Waals surface area (Å²) in [6.45, 7) is 4.28. The van der Waals surface area contributed by atoms with Gasteiger partial charge in [0.15, 0.2) is 0 Å². The minimum absolute atomic E-state index is 0.530. The number of aromatic nitrogens is 1. The molecule has 0 spiro atoms. The number of nitrogens with two attached hydrogens (primary N) is 1. The van der Waals surface area contributed by atoms with Crippen LogP contribution in [0.15, 0.2) is 5.51 Å². The number of nitrogens with zero attached hydrogens (tertiary/aromatic N) is 1. The van der Waals surface area contributed by atoms with Gasteiger partial charge < -0.3 is 5.64 Å². The molecule has 0 aliphatic rings. The number of thiazole rings is 1. The maximum absolute atomic E-state index is 5.35. The number of hydrogen-bond donors (Lipinski definition) is 1. The van der Waals surface area contributed by atoms with E-state index in [0.29, 0.717) is 5.92 Å². The molecule has 2 nitrogen and oxygen atoms in total. The second-order valence-corrected chi connectivity index (χ2v) is 3.31. The summed E-state index contributed by atoms with van der Waals surface area (Å²) in [6, 6.07) is 0. The average molecular weight is 153 g/mol. The highest BCUT2D eigenvalue weighted by molar-refractivity contribution is 7.10. The zero-order chi connectivity index (χ0) is 7.56. The van der Waals surface area contributed by atoms with E-state index in [1.807, 2.05) is 5.51 Å². The van der Waals surface area contributed by atoms with Crippen LogP contribution in [0.1, 0.15) is 24.6 Å². The van der Waals surface area contributed by atoms with Gasteiger partial charge in [0.25, 0.3) is 7.41 Å². The van der Waals surface area contributed by atoms with Gasteiger partial charge in [-0.1, -0.05) is 13.8 Å². The van der Waals surface area contributed by atoms with E-state index in [9.17, 15) is 0 Å².